The van der Waals surface area contributed by atoms with E-state index in [2.05, 4.69) is 40.1 Å². The zero-order chi connectivity index (χ0) is 17.5. The molecule has 1 unspecified atom stereocenters. The van der Waals surface area contributed by atoms with Gasteiger partial charge in [0.15, 0.2) is 5.11 Å². The van der Waals surface area contributed by atoms with Crippen LogP contribution in [0.4, 0.5) is 5.69 Å². The van der Waals surface area contributed by atoms with Crippen molar-refractivity contribution in [2.24, 2.45) is 0 Å². The quantitative estimate of drug-likeness (QED) is 0.513. The maximum atomic E-state index is 12.1. The molecule has 0 aliphatic heterocycles. The molecule has 0 aliphatic rings. The fourth-order valence-electron chi connectivity index (χ4n) is 1.90. The van der Waals surface area contributed by atoms with E-state index < -0.39 is 0 Å². The van der Waals surface area contributed by atoms with Crippen LogP contribution in [-0.4, -0.2) is 17.1 Å². The second-order valence-corrected chi connectivity index (χ2v) is 6.93. The summed E-state index contributed by atoms with van der Waals surface area (Å²) >= 11 is 7.36. The average molecular weight is 454 g/mol. The highest BCUT2D eigenvalue weighted by molar-refractivity contribution is 14.1. The molecular formula is C18H19IN2O2S. The van der Waals surface area contributed by atoms with Crippen molar-refractivity contribution >= 4 is 51.5 Å². The number of carbonyl (C=O) groups excluding carboxylic acids is 1. The molecule has 2 N–H and O–H groups in total. The van der Waals surface area contributed by atoms with Gasteiger partial charge in [-0.3, -0.25) is 10.1 Å². The van der Waals surface area contributed by atoms with Crippen molar-refractivity contribution in [3.05, 3.63) is 57.7 Å². The Balaban J connectivity index is 1.91. The first-order chi connectivity index (χ1) is 11.5. The predicted octanol–water partition coefficient (Wildman–Crippen LogP) is 4.60. The molecule has 2 aromatic carbocycles. The maximum Gasteiger partial charge on any atom is 0.257 e. The van der Waals surface area contributed by atoms with Gasteiger partial charge in [0.1, 0.15) is 5.75 Å². The van der Waals surface area contributed by atoms with Gasteiger partial charge in [0, 0.05) is 14.8 Å². The van der Waals surface area contributed by atoms with Gasteiger partial charge in [0.25, 0.3) is 5.91 Å². The van der Waals surface area contributed by atoms with Crippen molar-refractivity contribution in [2.45, 2.75) is 26.4 Å². The number of nitrogens with one attached hydrogen (secondary N) is 2. The number of ether oxygens (including phenoxy) is 1. The monoisotopic (exact) mass is 454 g/mol. The van der Waals surface area contributed by atoms with Gasteiger partial charge < -0.3 is 10.1 Å². The van der Waals surface area contributed by atoms with Crippen LogP contribution < -0.4 is 15.4 Å². The normalized spacial score (nSPS) is 11.5. The number of halogens is 1. The first kappa shape index (κ1) is 18.7. The molecule has 0 aromatic heterocycles. The van der Waals surface area contributed by atoms with Crippen molar-refractivity contribution in [3.63, 3.8) is 0 Å². The van der Waals surface area contributed by atoms with E-state index in [9.17, 15) is 4.79 Å². The van der Waals surface area contributed by atoms with Crippen molar-refractivity contribution in [2.75, 3.05) is 5.32 Å². The third-order valence-corrected chi connectivity index (χ3v) is 4.21. The lowest BCUT2D eigenvalue weighted by Gasteiger charge is -2.13. The van der Waals surface area contributed by atoms with Crippen LogP contribution in [0.25, 0.3) is 0 Å². The number of hydrogen-bond donors (Lipinski definition) is 2. The summed E-state index contributed by atoms with van der Waals surface area (Å²) < 4.78 is 6.72. The zero-order valence-electron chi connectivity index (χ0n) is 13.5. The van der Waals surface area contributed by atoms with Gasteiger partial charge in [-0.1, -0.05) is 13.0 Å². The number of anilines is 1. The van der Waals surface area contributed by atoms with Crippen LogP contribution >= 0.6 is 34.8 Å². The lowest BCUT2D eigenvalue weighted by Crippen LogP contribution is -2.34. The maximum absolute atomic E-state index is 12.1. The summed E-state index contributed by atoms with van der Waals surface area (Å²) in [5.74, 6) is 0.575. The molecule has 4 nitrogen and oxygen atoms in total. The Kier molecular flexibility index (Phi) is 6.99. The molecule has 0 fully saturated rings. The topological polar surface area (TPSA) is 50.4 Å². The second-order valence-electron chi connectivity index (χ2n) is 5.28. The van der Waals surface area contributed by atoms with Crippen LogP contribution in [-0.2, 0) is 0 Å². The zero-order valence-corrected chi connectivity index (χ0v) is 16.5. The molecule has 0 saturated heterocycles. The van der Waals surface area contributed by atoms with E-state index in [0.29, 0.717) is 5.56 Å². The number of hydrogen-bond acceptors (Lipinski definition) is 3. The molecule has 0 aliphatic carbocycles. The summed E-state index contributed by atoms with van der Waals surface area (Å²) in [6.07, 6.45) is 1.13. The highest BCUT2D eigenvalue weighted by atomic mass is 127. The molecule has 0 saturated carbocycles. The van der Waals surface area contributed by atoms with Gasteiger partial charge >= 0.3 is 0 Å². The summed E-state index contributed by atoms with van der Waals surface area (Å²) in [5, 5.41) is 5.93. The number of amides is 1. The van der Waals surface area contributed by atoms with E-state index in [1.165, 1.54) is 0 Å². The molecule has 0 bridgehead atoms. The van der Waals surface area contributed by atoms with Gasteiger partial charge in [-0.2, -0.15) is 0 Å². The van der Waals surface area contributed by atoms with E-state index >= 15 is 0 Å². The van der Waals surface area contributed by atoms with Gasteiger partial charge in [-0.15, -0.1) is 0 Å². The lowest BCUT2D eigenvalue weighted by atomic mass is 10.2. The molecule has 0 heterocycles. The van der Waals surface area contributed by atoms with Crippen molar-refractivity contribution in [1.82, 2.24) is 5.32 Å². The number of benzene rings is 2. The van der Waals surface area contributed by atoms with Gasteiger partial charge in [-0.25, -0.2) is 0 Å². The van der Waals surface area contributed by atoms with Crippen molar-refractivity contribution < 1.29 is 9.53 Å². The third-order valence-electron chi connectivity index (χ3n) is 3.34. The fourth-order valence-corrected chi connectivity index (χ4v) is 2.65. The first-order valence-electron chi connectivity index (χ1n) is 7.62. The number of thiocarbonyl (C=S) groups is 1. The molecule has 126 valence electrons. The van der Waals surface area contributed by atoms with E-state index in [4.69, 9.17) is 17.0 Å². The van der Waals surface area contributed by atoms with E-state index in [1.54, 1.807) is 12.1 Å². The minimum absolute atomic E-state index is 0.179. The molecule has 1 amide bonds. The molecule has 6 heteroatoms. The van der Waals surface area contributed by atoms with E-state index in [-0.39, 0.29) is 17.1 Å². The number of rotatable bonds is 5. The second kappa shape index (κ2) is 8.98. The lowest BCUT2D eigenvalue weighted by molar-refractivity contribution is 0.0977. The molecular weight excluding hydrogens is 435 g/mol. The molecule has 0 radical (unpaired) electrons. The largest absolute Gasteiger partial charge is 0.491 e. The van der Waals surface area contributed by atoms with Gasteiger partial charge in [0.2, 0.25) is 0 Å². The summed E-state index contributed by atoms with van der Waals surface area (Å²) in [6, 6.07) is 14.8. The summed E-state index contributed by atoms with van der Waals surface area (Å²) in [4.78, 5) is 12.1. The molecule has 2 rings (SSSR count). The van der Waals surface area contributed by atoms with Crippen LogP contribution in [0, 0.1) is 3.57 Å². The SMILES string of the molecule is CCC(C)Oc1ccc(NC(=S)NC(=O)c2cccc(I)c2)cc1. The van der Waals surface area contributed by atoms with Crippen molar-refractivity contribution in [3.8, 4) is 5.75 Å². The standard InChI is InChI=1S/C18H19IN2O2S/c1-3-12(2)23-16-9-7-15(8-10-16)20-18(24)21-17(22)13-5-4-6-14(19)11-13/h4-12H,3H2,1-2H3,(H2,20,21,22,24). The van der Waals surface area contributed by atoms with Gasteiger partial charge in [-0.05, 0) is 90.6 Å². The van der Waals surface area contributed by atoms with Crippen LogP contribution in [0.1, 0.15) is 30.6 Å². The Morgan fingerprint density at radius 2 is 1.96 bits per heavy atom. The van der Waals surface area contributed by atoms with Gasteiger partial charge in [0.05, 0.1) is 6.10 Å². The summed E-state index contributed by atoms with van der Waals surface area (Å²) in [6.45, 7) is 4.11. The Morgan fingerprint density at radius 1 is 1.25 bits per heavy atom. The highest BCUT2D eigenvalue weighted by Gasteiger charge is 2.08. The minimum atomic E-state index is -0.234. The van der Waals surface area contributed by atoms with E-state index in [1.807, 2.05) is 43.3 Å². The van der Waals surface area contributed by atoms with E-state index in [0.717, 1.165) is 21.4 Å². The summed E-state index contributed by atoms with van der Waals surface area (Å²) in [5.41, 5.74) is 1.36. The Hall–Kier alpha value is -1.67. The van der Waals surface area contributed by atoms with Crippen LogP contribution in [0.15, 0.2) is 48.5 Å². The highest BCUT2D eigenvalue weighted by Crippen LogP contribution is 2.17. The third kappa shape index (κ3) is 5.76. The van der Waals surface area contributed by atoms with Crippen LogP contribution in [0.5, 0.6) is 5.75 Å². The van der Waals surface area contributed by atoms with Crippen LogP contribution in [0.2, 0.25) is 0 Å². The Morgan fingerprint density at radius 3 is 2.58 bits per heavy atom. The van der Waals surface area contributed by atoms with Crippen molar-refractivity contribution in [1.29, 1.82) is 0 Å². The Labute approximate surface area is 161 Å². The number of carbonyl (C=O) groups is 1. The average Bonchev–Trinajstić information content (AvgIpc) is 2.56. The predicted molar refractivity (Wildman–Crippen MR) is 110 cm³/mol. The molecule has 1 atom stereocenters. The molecule has 0 spiro atoms. The van der Waals surface area contributed by atoms with Crippen LogP contribution in [0.3, 0.4) is 0 Å². The Bertz CT molecular complexity index is 719. The minimum Gasteiger partial charge on any atom is -0.491 e. The summed E-state index contributed by atoms with van der Waals surface area (Å²) in [7, 11) is 0. The molecule has 24 heavy (non-hydrogen) atoms. The first-order valence-corrected chi connectivity index (χ1v) is 9.11. The smallest absolute Gasteiger partial charge is 0.257 e. The fraction of sp³-hybridized carbons (Fsp3) is 0.222. The molecule has 2 aromatic rings.